The molecule has 2 aromatic rings. The zero-order valence-electron chi connectivity index (χ0n) is 13.3. The van der Waals surface area contributed by atoms with Crippen molar-refractivity contribution in [2.75, 3.05) is 11.9 Å². The second kappa shape index (κ2) is 7.18. The number of carbonyl (C=O) groups is 2. The summed E-state index contributed by atoms with van der Waals surface area (Å²) in [4.78, 5) is 39.6. The Labute approximate surface area is 141 Å². The number of hydrogen-bond acceptors (Lipinski definition) is 7. The molecular formula is C15H15N3O5S. The lowest BCUT2D eigenvalue weighted by Crippen LogP contribution is -2.14. The van der Waals surface area contributed by atoms with Crippen LogP contribution in [0.25, 0.3) is 0 Å². The Kier molecular flexibility index (Phi) is 5.24. The van der Waals surface area contributed by atoms with Crippen LogP contribution >= 0.6 is 11.3 Å². The fourth-order valence-electron chi connectivity index (χ4n) is 1.88. The summed E-state index contributed by atoms with van der Waals surface area (Å²) in [5, 5.41) is 14.0. The first-order valence-corrected chi connectivity index (χ1v) is 7.85. The van der Waals surface area contributed by atoms with E-state index in [0.29, 0.717) is 5.13 Å². The molecule has 0 fully saturated rings. The fourth-order valence-corrected chi connectivity index (χ4v) is 2.69. The molecule has 1 amide bonds. The van der Waals surface area contributed by atoms with Gasteiger partial charge in [0.15, 0.2) is 5.13 Å². The van der Waals surface area contributed by atoms with E-state index in [0.717, 1.165) is 22.7 Å². The van der Waals surface area contributed by atoms with Crippen molar-refractivity contribution in [3.05, 3.63) is 50.0 Å². The number of carbonyl (C=O) groups excluding carboxylic acids is 2. The first-order chi connectivity index (χ1) is 11.3. The molecule has 2 rings (SSSR count). The number of nitro groups is 1. The summed E-state index contributed by atoms with van der Waals surface area (Å²) >= 11 is 1.30. The summed E-state index contributed by atoms with van der Waals surface area (Å²) in [6.07, 6.45) is 0. The SMILES string of the molecule is CCOC(=O)c1cc(C(=O)Nc2nc(C)c(C)s2)cc([N+](=O)[O-])c1. The number of esters is 1. The van der Waals surface area contributed by atoms with Crippen LogP contribution in [0.4, 0.5) is 10.8 Å². The molecule has 0 saturated heterocycles. The number of thiazole rings is 1. The number of amides is 1. The molecule has 1 heterocycles. The molecule has 0 radical (unpaired) electrons. The van der Waals surface area contributed by atoms with Crippen molar-refractivity contribution in [2.24, 2.45) is 0 Å². The van der Waals surface area contributed by atoms with Crippen molar-refractivity contribution in [3.63, 3.8) is 0 Å². The van der Waals surface area contributed by atoms with Crippen molar-refractivity contribution < 1.29 is 19.2 Å². The van der Waals surface area contributed by atoms with Gasteiger partial charge in [0, 0.05) is 22.6 Å². The molecule has 126 valence electrons. The Morgan fingerprint density at radius 2 is 1.96 bits per heavy atom. The molecule has 8 nitrogen and oxygen atoms in total. The second-order valence-corrected chi connectivity index (χ2v) is 6.06. The van der Waals surface area contributed by atoms with E-state index in [1.807, 2.05) is 13.8 Å². The zero-order chi connectivity index (χ0) is 17.9. The number of non-ortho nitro benzene ring substituents is 1. The first-order valence-electron chi connectivity index (χ1n) is 7.03. The Morgan fingerprint density at radius 3 is 2.50 bits per heavy atom. The van der Waals surface area contributed by atoms with Gasteiger partial charge in [0.1, 0.15) is 0 Å². The number of aryl methyl sites for hydroxylation is 2. The van der Waals surface area contributed by atoms with Gasteiger partial charge in [-0.05, 0) is 26.8 Å². The smallest absolute Gasteiger partial charge is 0.338 e. The highest BCUT2D eigenvalue weighted by Gasteiger charge is 2.19. The predicted molar refractivity (Wildman–Crippen MR) is 88.6 cm³/mol. The summed E-state index contributed by atoms with van der Waals surface area (Å²) in [6, 6.07) is 3.44. The summed E-state index contributed by atoms with van der Waals surface area (Å²) in [5.74, 6) is -1.31. The molecule has 0 aliphatic heterocycles. The fraction of sp³-hybridized carbons (Fsp3) is 0.267. The third-order valence-corrected chi connectivity index (χ3v) is 4.14. The van der Waals surface area contributed by atoms with Gasteiger partial charge in [0.05, 0.1) is 22.8 Å². The number of rotatable bonds is 5. The maximum Gasteiger partial charge on any atom is 0.338 e. The zero-order valence-corrected chi connectivity index (χ0v) is 14.1. The van der Waals surface area contributed by atoms with E-state index in [1.54, 1.807) is 6.92 Å². The molecule has 1 aromatic carbocycles. The maximum absolute atomic E-state index is 12.3. The van der Waals surface area contributed by atoms with Crippen LogP contribution in [0, 0.1) is 24.0 Å². The van der Waals surface area contributed by atoms with Crippen molar-refractivity contribution in [1.29, 1.82) is 0 Å². The summed E-state index contributed by atoms with van der Waals surface area (Å²) < 4.78 is 4.83. The van der Waals surface area contributed by atoms with Gasteiger partial charge in [-0.1, -0.05) is 0 Å². The largest absolute Gasteiger partial charge is 0.462 e. The number of aromatic nitrogens is 1. The van der Waals surface area contributed by atoms with Crippen molar-refractivity contribution >= 4 is 34.0 Å². The number of benzene rings is 1. The van der Waals surface area contributed by atoms with Crippen LogP contribution in [-0.2, 0) is 4.74 Å². The Balaban J connectivity index is 2.35. The number of ether oxygens (including phenoxy) is 1. The Morgan fingerprint density at radius 1 is 1.29 bits per heavy atom. The minimum Gasteiger partial charge on any atom is -0.462 e. The van der Waals surface area contributed by atoms with Crippen molar-refractivity contribution in [1.82, 2.24) is 4.98 Å². The van der Waals surface area contributed by atoms with Gasteiger partial charge in [-0.25, -0.2) is 9.78 Å². The highest BCUT2D eigenvalue weighted by molar-refractivity contribution is 7.15. The van der Waals surface area contributed by atoms with E-state index in [-0.39, 0.29) is 23.4 Å². The number of nitrogens with zero attached hydrogens (tertiary/aromatic N) is 2. The molecular weight excluding hydrogens is 334 g/mol. The van der Waals surface area contributed by atoms with E-state index in [4.69, 9.17) is 4.74 Å². The third kappa shape index (κ3) is 3.93. The van der Waals surface area contributed by atoms with Gasteiger partial charge in [0.25, 0.3) is 11.6 Å². The standard InChI is InChI=1S/C15H15N3O5S/c1-4-23-14(20)11-5-10(6-12(7-11)18(21)22)13(19)17-15-16-8(2)9(3)24-15/h5-7H,4H2,1-3H3,(H,16,17,19). The molecule has 9 heteroatoms. The number of hydrogen-bond donors (Lipinski definition) is 1. The van der Waals surface area contributed by atoms with Crippen LogP contribution in [-0.4, -0.2) is 28.4 Å². The number of nitrogens with one attached hydrogen (secondary N) is 1. The Bertz CT molecular complexity index is 796. The number of anilines is 1. The van der Waals surface area contributed by atoms with Crippen LogP contribution in [0.15, 0.2) is 18.2 Å². The molecule has 1 aromatic heterocycles. The first kappa shape index (κ1) is 17.5. The highest BCUT2D eigenvalue weighted by Crippen LogP contribution is 2.23. The van der Waals surface area contributed by atoms with E-state index in [1.165, 1.54) is 17.4 Å². The lowest BCUT2D eigenvalue weighted by atomic mass is 10.1. The van der Waals surface area contributed by atoms with E-state index < -0.39 is 16.8 Å². The molecule has 0 bridgehead atoms. The third-order valence-electron chi connectivity index (χ3n) is 3.15. The lowest BCUT2D eigenvalue weighted by Gasteiger charge is -2.06. The van der Waals surface area contributed by atoms with Crippen LogP contribution in [0.2, 0.25) is 0 Å². The van der Waals surface area contributed by atoms with E-state index >= 15 is 0 Å². The molecule has 0 atom stereocenters. The summed E-state index contributed by atoms with van der Waals surface area (Å²) in [6.45, 7) is 5.43. The molecule has 0 unspecified atom stereocenters. The predicted octanol–water partition coefficient (Wildman–Crippen LogP) is 3.10. The van der Waals surface area contributed by atoms with Crippen molar-refractivity contribution in [2.45, 2.75) is 20.8 Å². The summed E-state index contributed by atoms with van der Waals surface area (Å²) in [7, 11) is 0. The van der Waals surface area contributed by atoms with Gasteiger partial charge in [0.2, 0.25) is 0 Å². The molecule has 0 spiro atoms. The lowest BCUT2D eigenvalue weighted by molar-refractivity contribution is -0.384. The minimum absolute atomic E-state index is 0.0160. The average molecular weight is 349 g/mol. The van der Waals surface area contributed by atoms with Gasteiger partial charge in [-0.2, -0.15) is 0 Å². The van der Waals surface area contributed by atoms with E-state index in [2.05, 4.69) is 10.3 Å². The van der Waals surface area contributed by atoms with Crippen LogP contribution in [0.5, 0.6) is 0 Å². The van der Waals surface area contributed by atoms with E-state index in [9.17, 15) is 19.7 Å². The quantitative estimate of drug-likeness (QED) is 0.504. The summed E-state index contributed by atoms with van der Waals surface area (Å²) in [5.41, 5.74) is 0.360. The highest BCUT2D eigenvalue weighted by atomic mass is 32.1. The molecule has 0 aliphatic carbocycles. The van der Waals surface area contributed by atoms with Gasteiger partial charge < -0.3 is 4.74 Å². The Hall–Kier alpha value is -2.81. The molecule has 0 saturated carbocycles. The second-order valence-electron chi connectivity index (χ2n) is 4.86. The van der Waals surface area contributed by atoms with Crippen molar-refractivity contribution in [3.8, 4) is 0 Å². The molecule has 24 heavy (non-hydrogen) atoms. The minimum atomic E-state index is -0.726. The normalized spacial score (nSPS) is 10.3. The monoisotopic (exact) mass is 349 g/mol. The van der Waals surface area contributed by atoms with Crippen LogP contribution in [0.1, 0.15) is 38.2 Å². The average Bonchev–Trinajstić information content (AvgIpc) is 2.84. The maximum atomic E-state index is 12.3. The van der Waals surface area contributed by atoms with Crippen LogP contribution < -0.4 is 5.32 Å². The van der Waals surface area contributed by atoms with Gasteiger partial charge >= 0.3 is 5.97 Å². The molecule has 0 aliphatic rings. The van der Waals surface area contributed by atoms with Gasteiger partial charge in [-0.3, -0.25) is 20.2 Å². The molecule has 1 N–H and O–H groups in total. The number of nitro benzene ring substituents is 1. The van der Waals surface area contributed by atoms with Crippen LogP contribution in [0.3, 0.4) is 0 Å². The van der Waals surface area contributed by atoms with Gasteiger partial charge in [-0.15, -0.1) is 11.3 Å². The topological polar surface area (TPSA) is 111 Å².